The quantitative estimate of drug-likeness (QED) is 0.810. The fraction of sp³-hybridized carbons (Fsp3) is 0.417. The van der Waals surface area contributed by atoms with E-state index in [2.05, 4.69) is 21.2 Å². The summed E-state index contributed by atoms with van der Waals surface area (Å²) in [5.41, 5.74) is 0.707. The lowest BCUT2D eigenvalue weighted by Crippen LogP contribution is -2.22. The molecule has 0 bridgehead atoms. The summed E-state index contributed by atoms with van der Waals surface area (Å²) < 4.78 is 0.839. The van der Waals surface area contributed by atoms with Gasteiger partial charge in [-0.05, 0) is 18.6 Å². The summed E-state index contributed by atoms with van der Waals surface area (Å²) in [5.74, 6) is 0.116. The number of carbonyl (C=O) groups is 1. The average molecular weight is 354 g/mol. The molecule has 0 saturated heterocycles. The summed E-state index contributed by atoms with van der Waals surface area (Å²) in [5, 5.41) is 4.27. The highest BCUT2D eigenvalue weighted by atomic mass is 79.9. The highest BCUT2D eigenvalue weighted by molar-refractivity contribution is 9.10. The molecule has 0 aromatic heterocycles. The summed E-state index contributed by atoms with van der Waals surface area (Å²) in [6.07, 6.45) is 1.24. The molecular formula is C12H15BrCl2N2O. The zero-order valence-corrected chi connectivity index (χ0v) is 13.4. The van der Waals surface area contributed by atoms with Gasteiger partial charge in [0.1, 0.15) is 0 Å². The number of amides is 1. The van der Waals surface area contributed by atoms with Gasteiger partial charge in [0.15, 0.2) is 0 Å². The third-order valence-corrected chi connectivity index (χ3v) is 3.43. The van der Waals surface area contributed by atoms with Crippen LogP contribution in [-0.2, 0) is 4.79 Å². The number of benzene rings is 1. The van der Waals surface area contributed by atoms with Crippen molar-refractivity contribution in [3.8, 4) is 0 Å². The van der Waals surface area contributed by atoms with Gasteiger partial charge >= 0.3 is 0 Å². The van der Waals surface area contributed by atoms with E-state index in [1.807, 2.05) is 0 Å². The van der Waals surface area contributed by atoms with E-state index in [1.165, 1.54) is 0 Å². The van der Waals surface area contributed by atoms with Crippen molar-refractivity contribution < 1.29 is 4.79 Å². The number of carbonyl (C=O) groups excluding carboxylic acids is 1. The highest BCUT2D eigenvalue weighted by Gasteiger charge is 2.08. The van der Waals surface area contributed by atoms with E-state index in [1.54, 1.807) is 31.1 Å². The number of rotatable bonds is 5. The van der Waals surface area contributed by atoms with Gasteiger partial charge < -0.3 is 10.2 Å². The predicted molar refractivity (Wildman–Crippen MR) is 80.6 cm³/mol. The minimum atomic E-state index is 0.116. The zero-order valence-electron chi connectivity index (χ0n) is 10.3. The van der Waals surface area contributed by atoms with Gasteiger partial charge in [-0.15, -0.1) is 0 Å². The summed E-state index contributed by atoms with van der Waals surface area (Å²) >= 11 is 15.5. The van der Waals surface area contributed by atoms with E-state index in [0.29, 0.717) is 28.7 Å². The molecule has 1 aromatic carbocycles. The Hall–Kier alpha value is -0.450. The average Bonchev–Trinajstić information content (AvgIpc) is 2.26. The largest absolute Gasteiger partial charge is 0.383 e. The standard InChI is InChI=1S/C12H15BrCl2N2O/c1-17(2)11(18)4-3-5-16-12-9(14)6-8(13)7-10(12)15/h6-7,16H,3-5H2,1-2H3. The van der Waals surface area contributed by atoms with Crippen molar-refractivity contribution in [2.24, 2.45) is 0 Å². The Morgan fingerprint density at radius 3 is 2.39 bits per heavy atom. The molecular weight excluding hydrogens is 339 g/mol. The Bertz CT molecular complexity index is 415. The van der Waals surface area contributed by atoms with Crippen LogP contribution in [0.3, 0.4) is 0 Å². The first-order valence-electron chi connectivity index (χ1n) is 5.50. The first kappa shape index (κ1) is 15.6. The first-order chi connectivity index (χ1) is 8.41. The van der Waals surface area contributed by atoms with Gasteiger partial charge in [-0.1, -0.05) is 39.1 Å². The molecule has 0 radical (unpaired) electrons. The van der Waals surface area contributed by atoms with Crippen LogP contribution in [-0.4, -0.2) is 31.4 Å². The Labute approximate surface area is 126 Å². The number of nitrogens with zero attached hydrogens (tertiary/aromatic N) is 1. The number of anilines is 1. The summed E-state index contributed by atoms with van der Waals surface area (Å²) in [6.45, 7) is 0.653. The molecule has 18 heavy (non-hydrogen) atoms. The Morgan fingerprint density at radius 2 is 1.89 bits per heavy atom. The van der Waals surface area contributed by atoms with Crippen molar-refractivity contribution in [3.05, 3.63) is 26.7 Å². The molecule has 1 aromatic rings. The van der Waals surface area contributed by atoms with Crippen LogP contribution in [0.15, 0.2) is 16.6 Å². The molecule has 1 amide bonds. The Balaban J connectivity index is 2.47. The van der Waals surface area contributed by atoms with Crippen LogP contribution in [0.1, 0.15) is 12.8 Å². The molecule has 0 heterocycles. The maximum Gasteiger partial charge on any atom is 0.222 e. The second-order valence-electron chi connectivity index (χ2n) is 4.06. The number of halogens is 3. The van der Waals surface area contributed by atoms with Crippen molar-refractivity contribution in [2.75, 3.05) is 26.0 Å². The van der Waals surface area contributed by atoms with Gasteiger partial charge in [-0.2, -0.15) is 0 Å². The fourth-order valence-electron chi connectivity index (χ4n) is 1.39. The SMILES string of the molecule is CN(C)C(=O)CCCNc1c(Cl)cc(Br)cc1Cl. The second-order valence-corrected chi connectivity index (χ2v) is 5.79. The smallest absolute Gasteiger partial charge is 0.222 e. The number of hydrogen-bond acceptors (Lipinski definition) is 2. The number of nitrogens with one attached hydrogen (secondary N) is 1. The fourth-order valence-corrected chi connectivity index (χ4v) is 2.73. The lowest BCUT2D eigenvalue weighted by molar-refractivity contribution is -0.128. The minimum Gasteiger partial charge on any atom is -0.383 e. The van der Waals surface area contributed by atoms with Crippen molar-refractivity contribution in [2.45, 2.75) is 12.8 Å². The van der Waals surface area contributed by atoms with E-state index >= 15 is 0 Å². The van der Waals surface area contributed by atoms with Gasteiger partial charge in [0.25, 0.3) is 0 Å². The molecule has 0 saturated carbocycles. The van der Waals surface area contributed by atoms with Crippen LogP contribution < -0.4 is 5.32 Å². The molecule has 0 fully saturated rings. The Kier molecular flexibility index (Phi) is 6.26. The normalized spacial score (nSPS) is 10.3. The van der Waals surface area contributed by atoms with Crippen molar-refractivity contribution >= 4 is 50.7 Å². The molecule has 1 rings (SSSR count). The van der Waals surface area contributed by atoms with Gasteiger partial charge in [-0.25, -0.2) is 0 Å². The molecule has 0 atom stereocenters. The van der Waals surface area contributed by atoms with Crippen LogP contribution in [0.25, 0.3) is 0 Å². The molecule has 100 valence electrons. The molecule has 6 heteroatoms. The van der Waals surface area contributed by atoms with E-state index in [-0.39, 0.29) is 5.91 Å². The molecule has 0 unspecified atom stereocenters. The van der Waals surface area contributed by atoms with Gasteiger partial charge in [0, 0.05) is 31.5 Å². The maximum atomic E-state index is 11.4. The van der Waals surface area contributed by atoms with Crippen molar-refractivity contribution in [1.82, 2.24) is 4.90 Å². The molecule has 0 spiro atoms. The summed E-state index contributed by atoms with van der Waals surface area (Å²) in [6, 6.07) is 3.56. The van der Waals surface area contributed by atoms with Gasteiger partial charge in [0.2, 0.25) is 5.91 Å². The van der Waals surface area contributed by atoms with Crippen LogP contribution >= 0.6 is 39.1 Å². The third kappa shape index (κ3) is 4.67. The summed E-state index contributed by atoms with van der Waals surface area (Å²) in [4.78, 5) is 13.0. The Morgan fingerprint density at radius 1 is 1.33 bits per heavy atom. The topological polar surface area (TPSA) is 32.3 Å². The lowest BCUT2D eigenvalue weighted by atomic mass is 10.2. The minimum absolute atomic E-state index is 0.116. The molecule has 0 aliphatic rings. The lowest BCUT2D eigenvalue weighted by Gasteiger charge is -2.12. The van der Waals surface area contributed by atoms with Crippen molar-refractivity contribution in [1.29, 1.82) is 0 Å². The molecule has 1 N–H and O–H groups in total. The third-order valence-electron chi connectivity index (χ3n) is 2.37. The first-order valence-corrected chi connectivity index (χ1v) is 7.05. The van der Waals surface area contributed by atoms with E-state index in [0.717, 1.165) is 10.9 Å². The molecule has 3 nitrogen and oxygen atoms in total. The molecule has 0 aliphatic carbocycles. The van der Waals surface area contributed by atoms with Gasteiger partial charge in [-0.3, -0.25) is 4.79 Å². The van der Waals surface area contributed by atoms with E-state index < -0.39 is 0 Å². The monoisotopic (exact) mass is 352 g/mol. The van der Waals surface area contributed by atoms with Crippen molar-refractivity contribution in [3.63, 3.8) is 0 Å². The van der Waals surface area contributed by atoms with E-state index in [9.17, 15) is 4.79 Å². The second kappa shape index (κ2) is 7.22. The van der Waals surface area contributed by atoms with Crippen LogP contribution in [0.2, 0.25) is 10.0 Å². The highest BCUT2D eigenvalue weighted by Crippen LogP contribution is 2.33. The molecule has 0 aliphatic heterocycles. The van der Waals surface area contributed by atoms with Crippen LogP contribution in [0.4, 0.5) is 5.69 Å². The maximum absolute atomic E-state index is 11.4. The zero-order chi connectivity index (χ0) is 13.7. The summed E-state index contributed by atoms with van der Waals surface area (Å²) in [7, 11) is 3.50. The van der Waals surface area contributed by atoms with Crippen LogP contribution in [0, 0.1) is 0 Å². The van der Waals surface area contributed by atoms with E-state index in [4.69, 9.17) is 23.2 Å². The predicted octanol–water partition coefficient (Wildman–Crippen LogP) is 4.04. The number of hydrogen-bond donors (Lipinski definition) is 1. The van der Waals surface area contributed by atoms with Gasteiger partial charge in [0.05, 0.1) is 15.7 Å². The van der Waals surface area contributed by atoms with Crippen LogP contribution in [0.5, 0.6) is 0 Å².